The van der Waals surface area contributed by atoms with Gasteiger partial charge in [0.15, 0.2) is 11.6 Å². The van der Waals surface area contributed by atoms with Gasteiger partial charge in [-0.2, -0.15) is 0 Å². The first-order valence-electron chi connectivity index (χ1n) is 12.7. The number of para-hydroxylation sites is 1. The highest BCUT2D eigenvalue weighted by Crippen LogP contribution is 2.39. The fraction of sp³-hybridized carbons (Fsp3) is 0.483. The molecule has 1 saturated carbocycles. The van der Waals surface area contributed by atoms with E-state index in [1.165, 1.54) is 31.2 Å². The molecule has 0 aromatic heterocycles. The van der Waals surface area contributed by atoms with Gasteiger partial charge in [-0.1, -0.05) is 55.7 Å². The highest BCUT2D eigenvalue weighted by molar-refractivity contribution is 6.00. The Labute approximate surface area is 201 Å². The van der Waals surface area contributed by atoms with E-state index in [9.17, 15) is 14.4 Å². The summed E-state index contributed by atoms with van der Waals surface area (Å²) >= 11 is 0. The number of nitrogens with zero attached hydrogens (tertiary/aromatic N) is 1. The predicted molar refractivity (Wildman–Crippen MR) is 130 cm³/mol. The fourth-order valence-electron chi connectivity index (χ4n) is 5.27. The molecule has 0 unspecified atom stereocenters. The van der Waals surface area contributed by atoms with Gasteiger partial charge >= 0.3 is 0 Å². The SMILES string of the molecule is O=C(CCC(=O)N1CCC2(CC1)CC(=O)c1ccccc1O2)c1ccc(CCCC2CC2)cc1. The Morgan fingerprint density at radius 3 is 2.44 bits per heavy atom. The van der Waals surface area contributed by atoms with Crippen molar-refractivity contribution in [2.75, 3.05) is 13.1 Å². The number of ketones is 2. The molecular weight excluding hydrogens is 426 g/mol. The molecule has 1 amide bonds. The van der Waals surface area contributed by atoms with Crippen LogP contribution >= 0.6 is 0 Å². The zero-order chi connectivity index (χ0) is 23.5. The Hall–Kier alpha value is -2.95. The molecule has 2 aromatic carbocycles. The number of ether oxygens (including phenoxy) is 1. The normalized spacial score (nSPS) is 18.9. The Morgan fingerprint density at radius 2 is 1.71 bits per heavy atom. The summed E-state index contributed by atoms with van der Waals surface area (Å²) in [5, 5.41) is 0. The Bertz CT molecular complexity index is 1060. The number of carbonyl (C=O) groups is 3. The molecule has 2 aromatic rings. The average molecular weight is 460 g/mol. The summed E-state index contributed by atoms with van der Waals surface area (Å²) in [6.07, 6.45) is 8.47. The maximum atomic E-state index is 12.8. The van der Waals surface area contributed by atoms with E-state index in [1.54, 1.807) is 0 Å². The third-order valence-corrected chi connectivity index (χ3v) is 7.64. The number of aryl methyl sites for hydroxylation is 1. The van der Waals surface area contributed by atoms with E-state index in [2.05, 4.69) is 12.1 Å². The van der Waals surface area contributed by atoms with Gasteiger partial charge in [-0.3, -0.25) is 14.4 Å². The zero-order valence-electron chi connectivity index (χ0n) is 19.8. The van der Waals surface area contributed by atoms with Crippen molar-refractivity contribution in [2.24, 2.45) is 5.92 Å². The second-order valence-electron chi connectivity index (χ2n) is 10.2. The minimum atomic E-state index is -0.515. The number of benzene rings is 2. The van der Waals surface area contributed by atoms with Crippen molar-refractivity contribution >= 4 is 17.5 Å². The topological polar surface area (TPSA) is 63.7 Å². The molecule has 5 heteroatoms. The van der Waals surface area contributed by atoms with Gasteiger partial charge in [-0.05, 0) is 36.5 Å². The summed E-state index contributed by atoms with van der Waals surface area (Å²) in [5.74, 6) is 1.74. The van der Waals surface area contributed by atoms with Gasteiger partial charge < -0.3 is 9.64 Å². The van der Waals surface area contributed by atoms with E-state index in [0.717, 1.165) is 12.3 Å². The van der Waals surface area contributed by atoms with Crippen LogP contribution in [0.5, 0.6) is 5.75 Å². The molecule has 0 N–H and O–H groups in total. The van der Waals surface area contributed by atoms with Gasteiger partial charge in [0.05, 0.1) is 12.0 Å². The highest BCUT2D eigenvalue weighted by atomic mass is 16.5. The molecule has 2 fully saturated rings. The maximum Gasteiger partial charge on any atom is 0.223 e. The lowest BCUT2D eigenvalue weighted by Crippen LogP contribution is -2.52. The Balaban J connectivity index is 1.08. The van der Waals surface area contributed by atoms with Gasteiger partial charge in [-0.15, -0.1) is 0 Å². The molecule has 5 rings (SSSR count). The summed E-state index contributed by atoms with van der Waals surface area (Å²) in [5.41, 5.74) is 2.10. The molecule has 34 heavy (non-hydrogen) atoms. The zero-order valence-corrected chi connectivity index (χ0v) is 19.8. The van der Waals surface area contributed by atoms with Crippen molar-refractivity contribution in [1.82, 2.24) is 4.90 Å². The van der Waals surface area contributed by atoms with E-state index in [-0.39, 0.29) is 30.3 Å². The number of fused-ring (bicyclic) bond motifs is 1. The van der Waals surface area contributed by atoms with Gasteiger partial charge in [0, 0.05) is 44.3 Å². The van der Waals surface area contributed by atoms with Crippen molar-refractivity contribution in [3.8, 4) is 5.75 Å². The van der Waals surface area contributed by atoms with Crippen LogP contribution in [0.15, 0.2) is 48.5 Å². The number of carbonyl (C=O) groups excluding carboxylic acids is 3. The lowest BCUT2D eigenvalue weighted by atomic mass is 9.82. The van der Waals surface area contributed by atoms with Crippen LogP contribution in [0.4, 0.5) is 0 Å². The number of hydrogen-bond donors (Lipinski definition) is 0. The van der Waals surface area contributed by atoms with Crippen LogP contribution in [0, 0.1) is 5.92 Å². The molecular formula is C29H33NO4. The van der Waals surface area contributed by atoms with Crippen molar-refractivity contribution in [1.29, 1.82) is 0 Å². The van der Waals surface area contributed by atoms with E-state index < -0.39 is 5.60 Å². The number of Topliss-reactive ketones (excluding diaryl/α,β-unsaturated/α-hetero) is 2. The lowest BCUT2D eigenvalue weighted by molar-refractivity contribution is -0.134. The standard InChI is InChI=1S/C29H33NO4/c31-25(23-12-10-22(11-13-23)5-3-4-21-8-9-21)14-15-28(33)30-18-16-29(17-19-30)20-26(32)24-6-1-2-7-27(24)34-29/h1-2,6-7,10-13,21H,3-5,8-9,14-20H2. The summed E-state index contributed by atoms with van der Waals surface area (Å²) in [6.45, 7) is 1.11. The van der Waals surface area contributed by atoms with Crippen molar-refractivity contribution < 1.29 is 19.1 Å². The minimum absolute atomic E-state index is 0.00225. The van der Waals surface area contributed by atoms with Crippen LogP contribution in [0.25, 0.3) is 0 Å². The summed E-state index contributed by atoms with van der Waals surface area (Å²) in [4.78, 5) is 39.8. The third kappa shape index (κ3) is 5.24. The van der Waals surface area contributed by atoms with Crippen molar-refractivity contribution in [3.05, 3.63) is 65.2 Å². The fourth-order valence-corrected chi connectivity index (χ4v) is 5.27. The number of hydrogen-bond acceptors (Lipinski definition) is 4. The molecule has 5 nitrogen and oxygen atoms in total. The maximum absolute atomic E-state index is 12.8. The Morgan fingerprint density at radius 1 is 0.971 bits per heavy atom. The second-order valence-corrected chi connectivity index (χ2v) is 10.2. The van der Waals surface area contributed by atoms with E-state index in [1.807, 2.05) is 41.3 Å². The molecule has 1 saturated heterocycles. The second kappa shape index (κ2) is 9.73. The van der Waals surface area contributed by atoms with Gasteiger partial charge in [-0.25, -0.2) is 0 Å². The van der Waals surface area contributed by atoms with E-state index in [4.69, 9.17) is 4.74 Å². The first-order chi connectivity index (χ1) is 16.5. The van der Waals surface area contributed by atoms with Crippen LogP contribution in [0.2, 0.25) is 0 Å². The summed E-state index contributed by atoms with van der Waals surface area (Å²) < 4.78 is 6.25. The van der Waals surface area contributed by atoms with Crippen LogP contribution in [0.1, 0.15) is 84.1 Å². The average Bonchev–Trinajstić information content (AvgIpc) is 3.68. The molecule has 2 heterocycles. The lowest BCUT2D eigenvalue weighted by Gasteiger charge is -2.44. The van der Waals surface area contributed by atoms with Crippen LogP contribution < -0.4 is 4.74 Å². The summed E-state index contributed by atoms with van der Waals surface area (Å²) in [7, 11) is 0. The molecule has 1 spiro atoms. The molecule has 0 atom stereocenters. The first-order valence-corrected chi connectivity index (χ1v) is 12.7. The molecule has 3 aliphatic rings. The summed E-state index contributed by atoms with van der Waals surface area (Å²) in [6, 6.07) is 15.3. The number of amides is 1. The molecule has 2 aliphatic heterocycles. The molecule has 0 radical (unpaired) electrons. The molecule has 0 bridgehead atoms. The van der Waals surface area contributed by atoms with Gasteiger partial charge in [0.2, 0.25) is 5.91 Å². The number of likely N-dealkylation sites (tertiary alicyclic amines) is 1. The van der Waals surface area contributed by atoms with Crippen molar-refractivity contribution in [2.45, 2.75) is 69.8 Å². The number of piperidine rings is 1. The van der Waals surface area contributed by atoms with Gasteiger partial charge in [0.25, 0.3) is 0 Å². The highest BCUT2D eigenvalue weighted by Gasteiger charge is 2.43. The smallest absolute Gasteiger partial charge is 0.223 e. The largest absolute Gasteiger partial charge is 0.486 e. The van der Waals surface area contributed by atoms with Crippen LogP contribution in [-0.2, 0) is 11.2 Å². The Kier molecular flexibility index (Phi) is 6.53. The van der Waals surface area contributed by atoms with E-state index >= 15 is 0 Å². The van der Waals surface area contributed by atoms with Gasteiger partial charge in [0.1, 0.15) is 11.4 Å². The quantitative estimate of drug-likeness (QED) is 0.495. The third-order valence-electron chi connectivity index (χ3n) is 7.64. The van der Waals surface area contributed by atoms with Crippen LogP contribution in [-0.4, -0.2) is 41.1 Å². The molecule has 1 aliphatic carbocycles. The van der Waals surface area contributed by atoms with Crippen molar-refractivity contribution in [3.63, 3.8) is 0 Å². The minimum Gasteiger partial charge on any atom is -0.486 e. The van der Waals surface area contributed by atoms with E-state index in [0.29, 0.717) is 49.2 Å². The predicted octanol–water partition coefficient (Wildman–Crippen LogP) is 5.41. The monoisotopic (exact) mass is 459 g/mol. The molecule has 178 valence electrons. The number of rotatable bonds is 8. The first kappa shape index (κ1) is 22.8. The van der Waals surface area contributed by atoms with Crippen LogP contribution in [0.3, 0.4) is 0 Å².